The molecule has 2 N–H and O–H groups in total. The van der Waals surface area contributed by atoms with Crippen molar-refractivity contribution in [3.05, 3.63) is 59.1 Å². The molecule has 0 aliphatic rings. The van der Waals surface area contributed by atoms with Crippen molar-refractivity contribution >= 4 is 41.0 Å². The first-order chi connectivity index (χ1) is 13.5. The summed E-state index contributed by atoms with van der Waals surface area (Å²) in [6.45, 7) is 6.13. The molecule has 2 aromatic rings. The largest absolute Gasteiger partial charge is 0.372 e. The molecular weight excluding hydrogens is 376 g/mol. The van der Waals surface area contributed by atoms with E-state index in [-0.39, 0.29) is 24.7 Å². The zero-order valence-electron chi connectivity index (χ0n) is 16.1. The van der Waals surface area contributed by atoms with Crippen LogP contribution in [-0.4, -0.2) is 31.1 Å². The second-order valence-electron chi connectivity index (χ2n) is 6.12. The van der Waals surface area contributed by atoms with Gasteiger partial charge in [-0.3, -0.25) is 9.59 Å². The lowest BCUT2D eigenvalue weighted by Gasteiger charge is -2.20. The van der Waals surface area contributed by atoms with Crippen molar-refractivity contribution in [2.24, 2.45) is 5.10 Å². The molecule has 0 unspecified atom stereocenters. The van der Waals surface area contributed by atoms with Crippen LogP contribution in [0.4, 0.5) is 11.4 Å². The second-order valence-corrected chi connectivity index (χ2v) is 6.55. The number of hydrazone groups is 1. The molecule has 148 valence electrons. The van der Waals surface area contributed by atoms with Crippen molar-refractivity contribution in [1.82, 2.24) is 5.43 Å². The van der Waals surface area contributed by atoms with Gasteiger partial charge in [-0.2, -0.15) is 5.10 Å². The van der Waals surface area contributed by atoms with Gasteiger partial charge in [-0.25, -0.2) is 5.43 Å². The molecule has 0 radical (unpaired) electrons. The van der Waals surface area contributed by atoms with Crippen LogP contribution < -0.4 is 15.6 Å². The van der Waals surface area contributed by atoms with Crippen molar-refractivity contribution in [3.8, 4) is 0 Å². The normalized spacial score (nSPS) is 10.7. The molecule has 2 amide bonds. The van der Waals surface area contributed by atoms with Gasteiger partial charge in [0, 0.05) is 42.3 Å². The van der Waals surface area contributed by atoms with Gasteiger partial charge in [0.1, 0.15) is 0 Å². The van der Waals surface area contributed by atoms with E-state index in [0.717, 1.165) is 24.3 Å². The fourth-order valence-corrected chi connectivity index (χ4v) is 2.80. The number of carbonyl (C=O) groups excluding carboxylic acids is 2. The van der Waals surface area contributed by atoms with E-state index in [9.17, 15) is 9.59 Å². The molecule has 2 rings (SSSR count). The van der Waals surface area contributed by atoms with Gasteiger partial charge >= 0.3 is 0 Å². The molecule has 0 bridgehead atoms. The number of hydrogen-bond acceptors (Lipinski definition) is 4. The van der Waals surface area contributed by atoms with Crippen molar-refractivity contribution in [3.63, 3.8) is 0 Å². The molecule has 28 heavy (non-hydrogen) atoms. The van der Waals surface area contributed by atoms with E-state index in [0.29, 0.717) is 10.7 Å². The van der Waals surface area contributed by atoms with Crippen LogP contribution >= 0.6 is 11.6 Å². The Balaban J connectivity index is 1.75. The number of carbonyl (C=O) groups is 2. The molecule has 2 aromatic carbocycles. The molecule has 7 heteroatoms. The molecule has 0 saturated carbocycles. The molecule has 6 nitrogen and oxygen atoms in total. The zero-order valence-corrected chi connectivity index (χ0v) is 16.9. The highest BCUT2D eigenvalue weighted by Crippen LogP contribution is 2.15. The van der Waals surface area contributed by atoms with Gasteiger partial charge in [-0.1, -0.05) is 29.8 Å². The summed E-state index contributed by atoms with van der Waals surface area (Å²) in [7, 11) is 0. The third-order valence-corrected chi connectivity index (χ3v) is 4.35. The van der Waals surface area contributed by atoms with Gasteiger partial charge in [0.25, 0.3) is 0 Å². The lowest BCUT2D eigenvalue weighted by molar-refractivity contribution is -0.124. The fourth-order valence-electron chi connectivity index (χ4n) is 2.61. The van der Waals surface area contributed by atoms with E-state index in [2.05, 4.69) is 34.6 Å². The van der Waals surface area contributed by atoms with Gasteiger partial charge in [-0.15, -0.1) is 0 Å². The second kappa shape index (κ2) is 11.1. The summed E-state index contributed by atoms with van der Waals surface area (Å²) in [5.74, 6) is -0.578. The summed E-state index contributed by atoms with van der Waals surface area (Å²) in [6.07, 6.45) is 1.69. The van der Waals surface area contributed by atoms with E-state index < -0.39 is 0 Å². The average Bonchev–Trinajstić information content (AvgIpc) is 2.68. The first-order valence-corrected chi connectivity index (χ1v) is 9.62. The van der Waals surface area contributed by atoms with Gasteiger partial charge in [0.15, 0.2) is 0 Å². The molecular formula is C21H25ClN4O2. The third kappa shape index (κ3) is 7.04. The Labute approximate surface area is 170 Å². The number of halogens is 1. The van der Waals surface area contributed by atoms with E-state index in [4.69, 9.17) is 11.6 Å². The van der Waals surface area contributed by atoms with E-state index in [1.165, 1.54) is 0 Å². The first kappa shape index (κ1) is 21.4. The Bertz CT molecular complexity index is 817. The van der Waals surface area contributed by atoms with Crippen molar-refractivity contribution in [2.75, 3.05) is 23.3 Å². The van der Waals surface area contributed by atoms with E-state index >= 15 is 0 Å². The molecule has 0 fully saturated rings. The number of nitrogens with zero attached hydrogens (tertiary/aromatic N) is 2. The minimum Gasteiger partial charge on any atom is -0.372 e. The van der Waals surface area contributed by atoms with Gasteiger partial charge in [0.05, 0.1) is 6.21 Å². The lowest BCUT2D eigenvalue weighted by atomic mass is 10.2. The number of hydrogen-bond donors (Lipinski definition) is 2. The first-order valence-electron chi connectivity index (χ1n) is 9.24. The van der Waals surface area contributed by atoms with Crippen LogP contribution in [0.3, 0.4) is 0 Å². The maximum atomic E-state index is 11.9. The standard InChI is InChI=1S/C21H25ClN4O2/c1-3-26(4-2)19-10-8-16(9-11-19)15-23-25-21(28)13-12-20(27)24-18-7-5-6-17(22)14-18/h5-11,14-15H,3-4,12-13H2,1-2H3,(H,24,27)(H,25,28)/b23-15-. The molecule has 0 aliphatic carbocycles. The van der Waals surface area contributed by atoms with Crippen LogP contribution in [0.2, 0.25) is 5.02 Å². The lowest BCUT2D eigenvalue weighted by Crippen LogP contribution is -2.21. The quantitative estimate of drug-likeness (QED) is 0.492. The highest BCUT2D eigenvalue weighted by molar-refractivity contribution is 6.30. The third-order valence-electron chi connectivity index (χ3n) is 4.11. The Morgan fingerprint density at radius 3 is 2.36 bits per heavy atom. The minimum absolute atomic E-state index is 0.0463. The van der Waals surface area contributed by atoms with Crippen molar-refractivity contribution in [2.45, 2.75) is 26.7 Å². The zero-order chi connectivity index (χ0) is 20.4. The Hall–Kier alpha value is -2.86. The van der Waals surface area contributed by atoms with Crippen LogP contribution in [0.1, 0.15) is 32.3 Å². The number of amides is 2. The Morgan fingerprint density at radius 2 is 1.71 bits per heavy atom. The molecule has 0 heterocycles. The predicted octanol–water partition coefficient (Wildman–Crippen LogP) is 4.06. The highest BCUT2D eigenvalue weighted by Gasteiger charge is 2.07. The van der Waals surface area contributed by atoms with Crippen LogP contribution in [0.15, 0.2) is 53.6 Å². The van der Waals surface area contributed by atoms with Gasteiger partial charge in [-0.05, 0) is 49.7 Å². The average molecular weight is 401 g/mol. The summed E-state index contributed by atoms with van der Waals surface area (Å²) in [5, 5.41) is 7.18. The number of rotatable bonds is 9. The summed E-state index contributed by atoms with van der Waals surface area (Å²) in [4.78, 5) is 26.0. The highest BCUT2D eigenvalue weighted by atomic mass is 35.5. The Kier molecular flexibility index (Phi) is 8.49. The number of nitrogens with one attached hydrogen (secondary N) is 2. The topological polar surface area (TPSA) is 73.8 Å². The summed E-state index contributed by atoms with van der Waals surface area (Å²) < 4.78 is 0. The maximum absolute atomic E-state index is 11.9. The number of benzene rings is 2. The Morgan fingerprint density at radius 1 is 1.04 bits per heavy atom. The van der Waals surface area contributed by atoms with Crippen LogP contribution in [0.25, 0.3) is 0 Å². The van der Waals surface area contributed by atoms with Crippen LogP contribution in [0, 0.1) is 0 Å². The fraction of sp³-hybridized carbons (Fsp3) is 0.286. The molecule has 0 spiro atoms. The predicted molar refractivity (Wildman–Crippen MR) is 115 cm³/mol. The maximum Gasteiger partial charge on any atom is 0.240 e. The molecule has 0 atom stereocenters. The van der Waals surface area contributed by atoms with Crippen LogP contribution in [0.5, 0.6) is 0 Å². The van der Waals surface area contributed by atoms with Gasteiger partial charge < -0.3 is 10.2 Å². The van der Waals surface area contributed by atoms with Crippen molar-refractivity contribution < 1.29 is 9.59 Å². The minimum atomic E-state index is -0.322. The van der Waals surface area contributed by atoms with Crippen LogP contribution in [-0.2, 0) is 9.59 Å². The SMILES string of the molecule is CCN(CC)c1ccc(/C=N\NC(=O)CCC(=O)Nc2cccc(Cl)c2)cc1. The monoisotopic (exact) mass is 400 g/mol. The van der Waals surface area contributed by atoms with Crippen molar-refractivity contribution in [1.29, 1.82) is 0 Å². The van der Waals surface area contributed by atoms with Gasteiger partial charge in [0.2, 0.25) is 11.8 Å². The smallest absolute Gasteiger partial charge is 0.240 e. The molecule has 0 aromatic heterocycles. The summed E-state index contributed by atoms with van der Waals surface area (Å²) in [6, 6.07) is 14.8. The molecule has 0 aliphatic heterocycles. The number of anilines is 2. The summed E-state index contributed by atoms with van der Waals surface area (Å²) >= 11 is 5.87. The molecule has 0 saturated heterocycles. The van der Waals surface area contributed by atoms with E-state index in [1.54, 1.807) is 30.5 Å². The summed E-state index contributed by atoms with van der Waals surface area (Å²) in [5.41, 5.74) is 5.07. The van der Waals surface area contributed by atoms with E-state index in [1.807, 2.05) is 24.3 Å².